The summed E-state index contributed by atoms with van der Waals surface area (Å²) < 4.78 is 33.4. The number of carbonyl (C=O) groups is 1. The van der Waals surface area contributed by atoms with E-state index in [4.69, 9.17) is 9.47 Å². The third-order valence-electron chi connectivity index (χ3n) is 1.69. The van der Waals surface area contributed by atoms with E-state index in [9.17, 15) is 13.6 Å². The maximum atomic E-state index is 11.9. The molecule has 0 fully saturated rings. The molecule has 0 N–H and O–H groups in total. The van der Waals surface area contributed by atoms with E-state index in [1.54, 1.807) is 0 Å². The van der Waals surface area contributed by atoms with Crippen molar-refractivity contribution in [3.63, 3.8) is 0 Å². The van der Waals surface area contributed by atoms with Crippen molar-refractivity contribution in [3.05, 3.63) is 23.8 Å². The van der Waals surface area contributed by atoms with Crippen LogP contribution in [-0.2, 0) is 0 Å². The molecule has 0 aliphatic rings. The second kappa shape index (κ2) is 5.29. The summed E-state index contributed by atoms with van der Waals surface area (Å²) in [5, 5.41) is 0. The van der Waals surface area contributed by atoms with E-state index in [-0.39, 0.29) is 11.5 Å². The molecule has 0 aromatic heterocycles. The Morgan fingerprint density at radius 1 is 1.40 bits per heavy atom. The quantitative estimate of drug-likeness (QED) is 0.707. The van der Waals surface area contributed by atoms with Gasteiger partial charge in [-0.05, 0) is 18.2 Å². The number of halogens is 2. The number of alkyl halides is 2. The molecule has 15 heavy (non-hydrogen) atoms. The smallest absolute Gasteiger partial charge is 0.272 e. The van der Waals surface area contributed by atoms with Crippen molar-refractivity contribution in [2.24, 2.45) is 0 Å². The molecule has 0 saturated heterocycles. The van der Waals surface area contributed by atoms with E-state index >= 15 is 0 Å². The van der Waals surface area contributed by atoms with Gasteiger partial charge in [0.1, 0.15) is 12.9 Å². The maximum Gasteiger partial charge on any atom is 0.272 e. The fourth-order valence-corrected chi connectivity index (χ4v) is 1.03. The lowest BCUT2D eigenvalue weighted by Crippen LogP contribution is -2.07. The molecule has 0 unspecified atom stereocenters. The molecule has 5 heteroatoms. The minimum Gasteiger partial charge on any atom is -0.493 e. The van der Waals surface area contributed by atoms with Crippen molar-refractivity contribution in [1.29, 1.82) is 0 Å². The fourth-order valence-electron chi connectivity index (χ4n) is 1.03. The van der Waals surface area contributed by atoms with Crippen molar-refractivity contribution in [2.75, 3.05) is 13.7 Å². The molecule has 0 heterocycles. The monoisotopic (exact) mass is 216 g/mol. The Hall–Kier alpha value is -1.65. The highest BCUT2D eigenvalue weighted by Crippen LogP contribution is 2.27. The number of ether oxygens (including phenoxy) is 2. The summed E-state index contributed by atoms with van der Waals surface area (Å²) in [6.45, 7) is -0.698. The van der Waals surface area contributed by atoms with E-state index in [1.165, 1.54) is 25.3 Å². The maximum absolute atomic E-state index is 11.9. The van der Waals surface area contributed by atoms with Crippen LogP contribution in [0.5, 0.6) is 11.5 Å². The van der Waals surface area contributed by atoms with Crippen LogP contribution in [0.25, 0.3) is 0 Å². The predicted octanol–water partition coefficient (Wildman–Crippen LogP) is 2.15. The van der Waals surface area contributed by atoms with Gasteiger partial charge in [-0.1, -0.05) is 0 Å². The first kappa shape index (κ1) is 11.4. The van der Waals surface area contributed by atoms with Crippen LogP contribution in [0.15, 0.2) is 18.2 Å². The van der Waals surface area contributed by atoms with Crippen molar-refractivity contribution in [3.8, 4) is 11.5 Å². The molecule has 1 aromatic carbocycles. The third-order valence-corrected chi connectivity index (χ3v) is 1.69. The summed E-state index contributed by atoms with van der Waals surface area (Å²) in [4.78, 5) is 10.4. The lowest BCUT2D eigenvalue weighted by atomic mass is 10.2. The summed E-state index contributed by atoms with van der Waals surface area (Å²) in [7, 11) is 1.37. The Morgan fingerprint density at radius 2 is 2.13 bits per heavy atom. The van der Waals surface area contributed by atoms with Gasteiger partial charge >= 0.3 is 0 Å². The van der Waals surface area contributed by atoms with Crippen LogP contribution >= 0.6 is 0 Å². The van der Waals surface area contributed by atoms with Gasteiger partial charge in [-0.25, -0.2) is 8.78 Å². The first-order valence-corrected chi connectivity index (χ1v) is 4.21. The highest BCUT2D eigenvalue weighted by Gasteiger charge is 2.08. The van der Waals surface area contributed by atoms with Crippen LogP contribution in [0.4, 0.5) is 8.78 Å². The van der Waals surface area contributed by atoms with Crippen LogP contribution in [0.2, 0.25) is 0 Å². The van der Waals surface area contributed by atoms with Crippen LogP contribution < -0.4 is 9.47 Å². The van der Waals surface area contributed by atoms with Gasteiger partial charge in [0, 0.05) is 5.56 Å². The first-order valence-electron chi connectivity index (χ1n) is 4.21. The highest BCUT2D eigenvalue weighted by atomic mass is 19.3. The number of aldehydes is 1. The summed E-state index contributed by atoms with van der Waals surface area (Å²) >= 11 is 0. The molecule has 0 aliphatic carbocycles. The molecule has 0 atom stereocenters. The van der Waals surface area contributed by atoms with Gasteiger partial charge in [0.25, 0.3) is 6.43 Å². The zero-order chi connectivity index (χ0) is 11.3. The van der Waals surface area contributed by atoms with Gasteiger partial charge in [-0.15, -0.1) is 0 Å². The van der Waals surface area contributed by atoms with E-state index in [0.29, 0.717) is 11.8 Å². The second-order valence-electron chi connectivity index (χ2n) is 2.73. The topological polar surface area (TPSA) is 35.5 Å². The van der Waals surface area contributed by atoms with Crippen molar-refractivity contribution >= 4 is 6.29 Å². The number of rotatable bonds is 5. The van der Waals surface area contributed by atoms with Gasteiger partial charge in [0.2, 0.25) is 0 Å². The van der Waals surface area contributed by atoms with Gasteiger partial charge in [0.05, 0.1) is 7.11 Å². The Balaban J connectivity index is 2.82. The molecule has 0 bridgehead atoms. The molecule has 1 rings (SSSR count). The Morgan fingerprint density at radius 3 is 2.67 bits per heavy atom. The van der Waals surface area contributed by atoms with Crippen LogP contribution in [-0.4, -0.2) is 26.4 Å². The number of methoxy groups -OCH3 is 1. The highest BCUT2D eigenvalue weighted by molar-refractivity contribution is 5.76. The number of hydrogen-bond acceptors (Lipinski definition) is 3. The summed E-state index contributed by atoms with van der Waals surface area (Å²) in [5.74, 6) is 0.462. The van der Waals surface area contributed by atoms with Crippen molar-refractivity contribution < 1.29 is 23.0 Å². The minimum absolute atomic E-state index is 0.198. The van der Waals surface area contributed by atoms with Gasteiger partial charge < -0.3 is 9.47 Å². The van der Waals surface area contributed by atoms with Crippen molar-refractivity contribution in [1.82, 2.24) is 0 Å². The predicted molar refractivity (Wildman–Crippen MR) is 49.9 cm³/mol. The van der Waals surface area contributed by atoms with Gasteiger partial charge in [0.15, 0.2) is 11.5 Å². The fraction of sp³-hybridized carbons (Fsp3) is 0.300. The molecule has 0 amide bonds. The SMILES string of the molecule is COc1cc(C=O)ccc1OCC(F)F. The molecule has 1 aromatic rings. The van der Waals surface area contributed by atoms with E-state index in [1.807, 2.05) is 0 Å². The van der Waals surface area contributed by atoms with Crippen molar-refractivity contribution in [2.45, 2.75) is 6.43 Å². The van der Waals surface area contributed by atoms with Gasteiger partial charge in [-0.3, -0.25) is 4.79 Å². The molecule has 82 valence electrons. The lowest BCUT2D eigenvalue weighted by Gasteiger charge is -2.10. The molecule has 3 nitrogen and oxygen atoms in total. The molecule has 0 spiro atoms. The summed E-state index contributed by atoms with van der Waals surface area (Å²) in [6, 6.07) is 4.31. The zero-order valence-electron chi connectivity index (χ0n) is 8.07. The molecule has 0 radical (unpaired) electrons. The zero-order valence-corrected chi connectivity index (χ0v) is 8.07. The van der Waals surface area contributed by atoms with Gasteiger partial charge in [-0.2, -0.15) is 0 Å². The number of carbonyl (C=O) groups excluding carboxylic acids is 1. The lowest BCUT2D eigenvalue weighted by molar-refractivity contribution is 0.0804. The largest absolute Gasteiger partial charge is 0.493 e. The number of benzene rings is 1. The second-order valence-corrected chi connectivity index (χ2v) is 2.73. The molecule has 0 aliphatic heterocycles. The Labute approximate surface area is 85.6 Å². The third kappa shape index (κ3) is 3.19. The molecule has 0 saturated carbocycles. The van der Waals surface area contributed by atoms with E-state index in [2.05, 4.69) is 0 Å². The summed E-state index contributed by atoms with van der Waals surface area (Å²) in [6.07, 6.45) is -1.90. The average Bonchev–Trinajstić information content (AvgIpc) is 2.25. The number of hydrogen-bond donors (Lipinski definition) is 0. The standard InChI is InChI=1S/C10H10F2O3/c1-14-9-4-7(5-13)2-3-8(9)15-6-10(11)12/h2-5,10H,6H2,1H3. The minimum atomic E-state index is -2.54. The van der Waals surface area contributed by atoms with E-state index < -0.39 is 13.0 Å². The average molecular weight is 216 g/mol. The molecular formula is C10H10F2O3. The summed E-state index contributed by atoms with van der Waals surface area (Å²) in [5.41, 5.74) is 0.399. The Bertz CT molecular complexity index is 339. The Kier molecular flexibility index (Phi) is 4.03. The van der Waals surface area contributed by atoms with E-state index in [0.717, 1.165) is 0 Å². The molecular weight excluding hydrogens is 206 g/mol. The first-order chi connectivity index (χ1) is 7.17. The van der Waals surface area contributed by atoms with Crippen LogP contribution in [0.3, 0.4) is 0 Å². The van der Waals surface area contributed by atoms with Crippen LogP contribution in [0, 0.1) is 0 Å². The van der Waals surface area contributed by atoms with Crippen LogP contribution in [0.1, 0.15) is 10.4 Å². The normalized spacial score (nSPS) is 10.1.